The molecule has 2 N–H and O–H groups in total. The molecule has 0 fully saturated rings. The van der Waals surface area contributed by atoms with Crippen LogP contribution in [0, 0.1) is 13.8 Å². The third-order valence-corrected chi connectivity index (χ3v) is 2.66. The summed E-state index contributed by atoms with van der Waals surface area (Å²) in [4.78, 5) is 15.9. The molecule has 4 heteroatoms. The highest BCUT2D eigenvalue weighted by Crippen LogP contribution is 2.05. The van der Waals surface area contributed by atoms with Crippen LogP contribution in [0.2, 0.25) is 0 Å². The number of rotatable bonds is 3. The van der Waals surface area contributed by atoms with Crippen LogP contribution in [0.3, 0.4) is 0 Å². The zero-order valence-corrected chi connectivity index (χ0v) is 11.6. The van der Waals surface area contributed by atoms with E-state index in [9.17, 15) is 4.79 Å². The van der Waals surface area contributed by atoms with Crippen molar-refractivity contribution in [1.82, 2.24) is 10.3 Å². The lowest BCUT2D eigenvalue weighted by Crippen LogP contribution is -2.24. The van der Waals surface area contributed by atoms with E-state index >= 15 is 0 Å². The van der Waals surface area contributed by atoms with Crippen LogP contribution in [-0.2, 0) is 0 Å². The van der Waals surface area contributed by atoms with Gasteiger partial charge in [-0.25, -0.2) is 9.78 Å². The third kappa shape index (κ3) is 4.24. The summed E-state index contributed by atoms with van der Waals surface area (Å²) in [7, 11) is 0. The maximum absolute atomic E-state index is 11.7. The molecule has 0 saturated heterocycles. The molecule has 1 aromatic heterocycles. The van der Waals surface area contributed by atoms with Gasteiger partial charge in [-0.1, -0.05) is 35.9 Å². The molecule has 2 amide bonds. The lowest BCUT2D eigenvalue weighted by Gasteiger charge is -2.04. The number of anilines is 1. The first kappa shape index (κ1) is 13.8. The van der Waals surface area contributed by atoms with E-state index in [0.717, 1.165) is 11.3 Å². The second kappa shape index (κ2) is 6.52. The summed E-state index contributed by atoms with van der Waals surface area (Å²) in [5.74, 6) is 0.534. The van der Waals surface area contributed by atoms with Gasteiger partial charge in [-0.3, -0.25) is 5.32 Å². The van der Waals surface area contributed by atoms with Crippen LogP contribution in [0.1, 0.15) is 16.8 Å². The number of hydrogen-bond donors (Lipinski definition) is 2. The summed E-state index contributed by atoms with van der Waals surface area (Å²) in [5, 5.41) is 5.32. The van der Waals surface area contributed by atoms with Crippen LogP contribution >= 0.6 is 0 Å². The standard InChI is InChI=1S/C16H17N3O/c1-12-5-3-7-14(11-12)9-10-17-16(20)19-15-8-4-6-13(2)18-15/h3-11H,1-2H3,(H2,17,18,19,20)/b10-9+. The second-order valence-corrected chi connectivity index (χ2v) is 4.51. The molecule has 1 aromatic carbocycles. The van der Waals surface area contributed by atoms with Gasteiger partial charge in [-0.05, 0) is 37.6 Å². The summed E-state index contributed by atoms with van der Waals surface area (Å²) < 4.78 is 0. The number of nitrogens with zero attached hydrogens (tertiary/aromatic N) is 1. The molecule has 0 unspecified atom stereocenters. The summed E-state index contributed by atoms with van der Waals surface area (Å²) in [6, 6.07) is 13.2. The highest BCUT2D eigenvalue weighted by Gasteiger charge is 1.99. The molecule has 0 atom stereocenters. The molecule has 0 radical (unpaired) electrons. The van der Waals surface area contributed by atoms with E-state index in [2.05, 4.69) is 15.6 Å². The predicted octanol–water partition coefficient (Wildman–Crippen LogP) is 3.49. The largest absolute Gasteiger partial charge is 0.324 e. The first-order valence-electron chi connectivity index (χ1n) is 6.38. The molecule has 20 heavy (non-hydrogen) atoms. The van der Waals surface area contributed by atoms with Gasteiger partial charge in [0.2, 0.25) is 0 Å². The summed E-state index contributed by atoms with van der Waals surface area (Å²) in [6.07, 6.45) is 3.45. The van der Waals surface area contributed by atoms with E-state index in [1.165, 1.54) is 5.56 Å². The smallest absolute Gasteiger partial charge is 0.314 e. The van der Waals surface area contributed by atoms with E-state index < -0.39 is 0 Å². The van der Waals surface area contributed by atoms with Crippen LogP contribution in [0.15, 0.2) is 48.7 Å². The quantitative estimate of drug-likeness (QED) is 0.894. The Kier molecular flexibility index (Phi) is 4.50. The van der Waals surface area contributed by atoms with E-state index in [1.54, 1.807) is 12.3 Å². The zero-order valence-electron chi connectivity index (χ0n) is 11.6. The van der Waals surface area contributed by atoms with Gasteiger partial charge in [-0.2, -0.15) is 0 Å². The second-order valence-electron chi connectivity index (χ2n) is 4.51. The number of aromatic nitrogens is 1. The van der Waals surface area contributed by atoms with Crippen LogP contribution < -0.4 is 10.6 Å². The average molecular weight is 267 g/mol. The van der Waals surface area contributed by atoms with Crippen LogP contribution in [-0.4, -0.2) is 11.0 Å². The molecule has 1 heterocycles. The Bertz CT molecular complexity index is 635. The van der Waals surface area contributed by atoms with Crippen molar-refractivity contribution in [3.8, 4) is 0 Å². The molecule has 0 aliphatic heterocycles. The maximum Gasteiger partial charge on any atom is 0.324 e. The molecular weight excluding hydrogens is 250 g/mol. The number of urea groups is 1. The van der Waals surface area contributed by atoms with Gasteiger partial charge in [0.15, 0.2) is 0 Å². The number of hydrogen-bond acceptors (Lipinski definition) is 2. The van der Waals surface area contributed by atoms with Crippen molar-refractivity contribution in [1.29, 1.82) is 0 Å². The van der Waals surface area contributed by atoms with Gasteiger partial charge < -0.3 is 5.32 Å². The minimum atomic E-state index is -0.313. The predicted molar refractivity (Wildman–Crippen MR) is 81.3 cm³/mol. The minimum absolute atomic E-state index is 0.313. The van der Waals surface area contributed by atoms with Crippen molar-refractivity contribution < 1.29 is 4.79 Å². The van der Waals surface area contributed by atoms with Gasteiger partial charge in [0.25, 0.3) is 0 Å². The number of carbonyl (C=O) groups is 1. The lowest BCUT2D eigenvalue weighted by molar-refractivity contribution is 0.255. The Balaban J connectivity index is 1.89. The van der Waals surface area contributed by atoms with Gasteiger partial charge >= 0.3 is 6.03 Å². The fraction of sp³-hybridized carbons (Fsp3) is 0.125. The highest BCUT2D eigenvalue weighted by molar-refractivity contribution is 5.89. The fourth-order valence-corrected chi connectivity index (χ4v) is 1.75. The molecular formula is C16H17N3O. The Morgan fingerprint density at radius 1 is 1.15 bits per heavy atom. The van der Waals surface area contributed by atoms with E-state index in [0.29, 0.717) is 5.82 Å². The van der Waals surface area contributed by atoms with Crippen molar-refractivity contribution >= 4 is 17.9 Å². The Hall–Kier alpha value is -2.62. The topological polar surface area (TPSA) is 54.0 Å². The van der Waals surface area contributed by atoms with Crippen molar-refractivity contribution in [3.05, 3.63) is 65.5 Å². The third-order valence-electron chi connectivity index (χ3n) is 2.66. The maximum atomic E-state index is 11.7. The summed E-state index contributed by atoms with van der Waals surface area (Å²) in [5.41, 5.74) is 3.08. The SMILES string of the molecule is Cc1cccc(/C=C/NC(=O)Nc2cccc(C)n2)c1. The zero-order chi connectivity index (χ0) is 14.4. The average Bonchev–Trinajstić information content (AvgIpc) is 2.38. The molecule has 0 bridgehead atoms. The normalized spacial score (nSPS) is 10.5. The number of nitrogens with one attached hydrogen (secondary N) is 2. The van der Waals surface area contributed by atoms with Gasteiger partial charge in [0.05, 0.1) is 0 Å². The molecule has 2 aromatic rings. The molecule has 4 nitrogen and oxygen atoms in total. The number of amides is 2. The summed E-state index contributed by atoms with van der Waals surface area (Å²) in [6.45, 7) is 3.90. The van der Waals surface area contributed by atoms with Gasteiger partial charge in [0, 0.05) is 11.9 Å². The Morgan fingerprint density at radius 3 is 2.70 bits per heavy atom. The van der Waals surface area contributed by atoms with E-state index in [1.807, 2.05) is 56.3 Å². The van der Waals surface area contributed by atoms with E-state index in [4.69, 9.17) is 0 Å². The van der Waals surface area contributed by atoms with Gasteiger partial charge in [0.1, 0.15) is 5.82 Å². The first-order valence-corrected chi connectivity index (χ1v) is 6.38. The number of benzene rings is 1. The minimum Gasteiger partial charge on any atom is -0.314 e. The van der Waals surface area contributed by atoms with Gasteiger partial charge in [-0.15, -0.1) is 0 Å². The summed E-state index contributed by atoms with van der Waals surface area (Å²) >= 11 is 0. The van der Waals surface area contributed by atoms with Crippen molar-refractivity contribution in [2.45, 2.75) is 13.8 Å². The number of aryl methyl sites for hydroxylation is 2. The van der Waals surface area contributed by atoms with Crippen molar-refractivity contribution in [2.75, 3.05) is 5.32 Å². The number of carbonyl (C=O) groups excluding carboxylic acids is 1. The molecule has 0 spiro atoms. The van der Waals surface area contributed by atoms with Crippen LogP contribution in [0.5, 0.6) is 0 Å². The molecule has 102 valence electrons. The number of pyridine rings is 1. The first-order chi connectivity index (χ1) is 9.63. The van der Waals surface area contributed by atoms with Crippen LogP contribution in [0.25, 0.3) is 6.08 Å². The molecule has 2 rings (SSSR count). The van der Waals surface area contributed by atoms with Crippen molar-refractivity contribution in [3.63, 3.8) is 0 Å². The van der Waals surface area contributed by atoms with E-state index in [-0.39, 0.29) is 6.03 Å². The van der Waals surface area contributed by atoms with Crippen LogP contribution in [0.4, 0.5) is 10.6 Å². The lowest BCUT2D eigenvalue weighted by atomic mass is 10.1. The monoisotopic (exact) mass is 267 g/mol. The highest BCUT2D eigenvalue weighted by atomic mass is 16.2. The Labute approximate surface area is 118 Å². The molecule has 0 saturated carbocycles. The Morgan fingerprint density at radius 2 is 1.95 bits per heavy atom. The molecule has 0 aliphatic rings. The molecule has 0 aliphatic carbocycles. The fourth-order valence-electron chi connectivity index (χ4n) is 1.75. The van der Waals surface area contributed by atoms with Crippen molar-refractivity contribution in [2.24, 2.45) is 0 Å².